The molecule has 0 saturated heterocycles. The molecule has 0 aliphatic rings. The Kier molecular flexibility index (Phi) is 8.77. The summed E-state index contributed by atoms with van der Waals surface area (Å²) >= 11 is 0. The molecule has 0 atom stereocenters. The number of rotatable bonds is 13. The van der Waals surface area contributed by atoms with Gasteiger partial charge in [0.1, 0.15) is 17.1 Å². The maximum atomic E-state index is 11.3. The Morgan fingerprint density at radius 2 is 1.43 bits per heavy atom. The quantitative estimate of drug-likeness (QED) is 0.182. The van der Waals surface area contributed by atoms with E-state index < -0.39 is 16.9 Å². The summed E-state index contributed by atoms with van der Waals surface area (Å²) in [6.45, 7) is 0.624. The molecule has 0 aromatic heterocycles. The van der Waals surface area contributed by atoms with Crippen LogP contribution in [0.1, 0.15) is 46.4 Å². The van der Waals surface area contributed by atoms with Gasteiger partial charge in [-0.3, -0.25) is 10.1 Å². The van der Waals surface area contributed by atoms with Gasteiger partial charge in [-0.1, -0.05) is 30.3 Å². The molecular weight excluding hydrogens is 454 g/mol. The highest BCUT2D eigenvalue weighted by Gasteiger charge is 2.15. The van der Waals surface area contributed by atoms with Crippen LogP contribution in [-0.4, -0.2) is 40.3 Å². The minimum atomic E-state index is -1.19. The average molecular weight is 479 g/mol. The third-order valence-corrected chi connectivity index (χ3v) is 5.27. The summed E-state index contributed by atoms with van der Waals surface area (Å²) < 4.78 is 11.4. The van der Waals surface area contributed by atoms with Gasteiger partial charge in [0.15, 0.2) is 0 Å². The van der Waals surface area contributed by atoms with Crippen LogP contribution in [0.5, 0.6) is 11.5 Å². The number of aromatic carboxylic acids is 2. The van der Waals surface area contributed by atoms with E-state index in [1.807, 2.05) is 30.3 Å². The van der Waals surface area contributed by atoms with Gasteiger partial charge in [-0.05, 0) is 55.5 Å². The number of nitro groups is 1. The van der Waals surface area contributed by atoms with Crippen LogP contribution in [0, 0.1) is 10.1 Å². The van der Waals surface area contributed by atoms with Crippen molar-refractivity contribution < 1.29 is 34.2 Å². The molecule has 0 amide bonds. The predicted octanol–water partition coefficient (Wildman–Crippen LogP) is 5.68. The van der Waals surface area contributed by atoms with Crippen molar-refractivity contribution in [3.63, 3.8) is 0 Å². The second-order valence-corrected chi connectivity index (χ2v) is 7.74. The molecular formula is C26H25NO8. The molecule has 0 radical (unpaired) electrons. The van der Waals surface area contributed by atoms with Crippen LogP contribution >= 0.6 is 0 Å². The Labute approximate surface area is 201 Å². The van der Waals surface area contributed by atoms with Crippen LogP contribution in [-0.2, 0) is 0 Å². The summed E-state index contributed by atoms with van der Waals surface area (Å²) in [5.74, 6) is -1.87. The van der Waals surface area contributed by atoms with E-state index in [-0.39, 0.29) is 29.2 Å². The highest BCUT2D eigenvalue weighted by atomic mass is 16.6. The van der Waals surface area contributed by atoms with E-state index in [0.29, 0.717) is 25.2 Å². The number of carbonyl (C=O) groups is 2. The molecule has 9 nitrogen and oxygen atoms in total. The predicted molar refractivity (Wildman–Crippen MR) is 128 cm³/mol. The Hall–Kier alpha value is -4.40. The molecule has 0 heterocycles. The first kappa shape index (κ1) is 25.2. The maximum absolute atomic E-state index is 11.3. The molecule has 182 valence electrons. The van der Waals surface area contributed by atoms with E-state index in [0.717, 1.165) is 24.0 Å². The molecule has 0 unspecified atom stereocenters. The van der Waals surface area contributed by atoms with Gasteiger partial charge < -0.3 is 19.7 Å². The van der Waals surface area contributed by atoms with Crippen molar-refractivity contribution in [3.8, 4) is 22.6 Å². The number of ether oxygens (including phenoxy) is 2. The fourth-order valence-corrected chi connectivity index (χ4v) is 3.47. The van der Waals surface area contributed by atoms with Gasteiger partial charge in [-0.15, -0.1) is 0 Å². The Balaban J connectivity index is 1.48. The standard InChI is InChI=1S/C26H25NO8/c28-25(29)19-10-12-22(26(30)31)23(16-19)34-14-6-1-2-7-15-35-24-17-20(27(32)33)11-13-21(24)18-8-4-3-5-9-18/h3-5,8-13,16-17H,1-2,6-7,14-15H2,(H,28,29)(H,30,31). The van der Waals surface area contributed by atoms with Crippen molar-refractivity contribution in [2.75, 3.05) is 13.2 Å². The molecule has 0 spiro atoms. The van der Waals surface area contributed by atoms with E-state index in [2.05, 4.69) is 0 Å². The van der Waals surface area contributed by atoms with Gasteiger partial charge in [-0.2, -0.15) is 0 Å². The van der Waals surface area contributed by atoms with Gasteiger partial charge >= 0.3 is 11.9 Å². The number of carboxylic acids is 2. The summed E-state index contributed by atoms with van der Waals surface area (Å²) in [5.41, 5.74) is 1.52. The van der Waals surface area contributed by atoms with E-state index in [4.69, 9.17) is 14.6 Å². The number of benzene rings is 3. The zero-order valence-corrected chi connectivity index (χ0v) is 18.9. The lowest BCUT2D eigenvalue weighted by molar-refractivity contribution is -0.384. The molecule has 0 aliphatic heterocycles. The Morgan fingerprint density at radius 3 is 2.03 bits per heavy atom. The molecule has 9 heteroatoms. The van der Waals surface area contributed by atoms with Crippen molar-refractivity contribution in [2.24, 2.45) is 0 Å². The molecule has 0 aliphatic carbocycles. The number of non-ortho nitro benzene ring substituents is 1. The number of hydrogen-bond acceptors (Lipinski definition) is 6. The lowest BCUT2D eigenvalue weighted by Gasteiger charge is -2.12. The third-order valence-electron chi connectivity index (χ3n) is 5.27. The normalized spacial score (nSPS) is 10.5. The summed E-state index contributed by atoms with van der Waals surface area (Å²) in [6.07, 6.45) is 2.94. The highest BCUT2D eigenvalue weighted by molar-refractivity contribution is 5.94. The first-order chi connectivity index (χ1) is 16.9. The van der Waals surface area contributed by atoms with E-state index in [9.17, 15) is 24.8 Å². The maximum Gasteiger partial charge on any atom is 0.339 e. The molecule has 0 saturated carbocycles. The third kappa shape index (κ3) is 7.04. The van der Waals surface area contributed by atoms with Gasteiger partial charge in [0.25, 0.3) is 5.69 Å². The second-order valence-electron chi connectivity index (χ2n) is 7.74. The monoisotopic (exact) mass is 479 g/mol. The largest absolute Gasteiger partial charge is 0.493 e. The first-order valence-corrected chi connectivity index (χ1v) is 11.1. The van der Waals surface area contributed by atoms with Crippen LogP contribution in [0.4, 0.5) is 5.69 Å². The van der Waals surface area contributed by atoms with E-state index in [1.165, 1.54) is 30.3 Å². The number of unbranched alkanes of at least 4 members (excludes halogenated alkanes) is 3. The minimum Gasteiger partial charge on any atom is -0.493 e. The zero-order valence-electron chi connectivity index (χ0n) is 18.9. The van der Waals surface area contributed by atoms with Crippen molar-refractivity contribution in [3.05, 3.63) is 88.0 Å². The van der Waals surface area contributed by atoms with Crippen LogP contribution in [0.15, 0.2) is 66.7 Å². The molecule has 2 N–H and O–H groups in total. The molecule has 0 fully saturated rings. The second kappa shape index (κ2) is 12.2. The van der Waals surface area contributed by atoms with E-state index >= 15 is 0 Å². The van der Waals surface area contributed by atoms with Crippen LogP contribution in [0.25, 0.3) is 11.1 Å². The Morgan fingerprint density at radius 1 is 0.771 bits per heavy atom. The number of carboxylic acid groups (broad SMARTS) is 2. The summed E-state index contributed by atoms with van der Waals surface area (Å²) in [4.78, 5) is 33.2. The lowest BCUT2D eigenvalue weighted by atomic mass is 10.0. The van der Waals surface area contributed by atoms with Crippen molar-refractivity contribution >= 4 is 17.6 Å². The summed E-state index contributed by atoms with van der Waals surface area (Å²) in [5, 5.41) is 29.5. The van der Waals surface area contributed by atoms with Gasteiger partial charge in [0.2, 0.25) is 0 Å². The van der Waals surface area contributed by atoms with Gasteiger partial charge in [0, 0.05) is 11.6 Å². The summed E-state index contributed by atoms with van der Waals surface area (Å²) in [6, 6.07) is 17.7. The lowest BCUT2D eigenvalue weighted by Crippen LogP contribution is -2.07. The highest BCUT2D eigenvalue weighted by Crippen LogP contribution is 2.33. The van der Waals surface area contributed by atoms with Crippen LogP contribution in [0.2, 0.25) is 0 Å². The fourth-order valence-electron chi connectivity index (χ4n) is 3.47. The average Bonchev–Trinajstić information content (AvgIpc) is 2.85. The number of nitro benzene ring substituents is 1. The SMILES string of the molecule is O=C(O)c1ccc(C(=O)O)c(OCCCCCCOc2cc([N+](=O)[O-])ccc2-c2ccccc2)c1. The van der Waals surface area contributed by atoms with Crippen LogP contribution in [0.3, 0.4) is 0 Å². The number of hydrogen-bond donors (Lipinski definition) is 2. The van der Waals surface area contributed by atoms with Crippen molar-refractivity contribution in [1.82, 2.24) is 0 Å². The van der Waals surface area contributed by atoms with E-state index in [1.54, 1.807) is 6.07 Å². The van der Waals surface area contributed by atoms with Crippen molar-refractivity contribution in [1.29, 1.82) is 0 Å². The first-order valence-electron chi connectivity index (χ1n) is 11.1. The molecule has 3 aromatic rings. The fraction of sp³-hybridized carbons (Fsp3) is 0.231. The van der Waals surface area contributed by atoms with Gasteiger partial charge in [0.05, 0.1) is 29.8 Å². The zero-order chi connectivity index (χ0) is 25.2. The molecule has 3 rings (SSSR count). The summed E-state index contributed by atoms with van der Waals surface area (Å²) in [7, 11) is 0. The minimum absolute atomic E-state index is 0.0276. The molecule has 35 heavy (non-hydrogen) atoms. The smallest absolute Gasteiger partial charge is 0.339 e. The van der Waals surface area contributed by atoms with Gasteiger partial charge in [-0.25, -0.2) is 9.59 Å². The molecule has 0 bridgehead atoms. The van der Waals surface area contributed by atoms with Crippen LogP contribution < -0.4 is 9.47 Å². The molecule has 3 aromatic carbocycles. The Bertz CT molecular complexity index is 1190. The number of nitrogens with zero attached hydrogens (tertiary/aromatic N) is 1. The van der Waals surface area contributed by atoms with Crippen molar-refractivity contribution in [2.45, 2.75) is 25.7 Å². The topological polar surface area (TPSA) is 136 Å².